The van der Waals surface area contributed by atoms with Crippen LogP contribution in [0, 0.1) is 6.92 Å². The molecule has 1 atom stereocenters. The van der Waals surface area contributed by atoms with Crippen LogP contribution in [0.1, 0.15) is 43.1 Å². The summed E-state index contributed by atoms with van der Waals surface area (Å²) >= 11 is 6.26. The largest absolute Gasteiger partial charge is 0.494 e. The highest BCUT2D eigenvalue weighted by Gasteiger charge is 2.34. The summed E-state index contributed by atoms with van der Waals surface area (Å²) in [5.74, 6) is 2.62. The quantitative estimate of drug-likeness (QED) is 0.365. The molecular weight excluding hydrogens is 462 g/mol. The predicted octanol–water partition coefficient (Wildman–Crippen LogP) is 5.28. The van der Waals surface area contributed by atoms with Crippen LogP contribution in [0.2, 0.25) is 5.02 Å². The Kier molecular flexibility index (Phi) is 8.71. The highest BCUT2D eigenvalue weighted by atomic mass is 35.5. The van der Waals surface area contributed by atoms with E-state index in [1.165, 1.54) is 5.56 Å². The molecule has 1 saturated heterocycles. The van der Waals surface area contributed by atoms with Gasteiger partial charge in [0.2, 0.25) is 0 Å². The van der Waals surface area contributed by atoms with Crippen molar-refractivity contribution in [2.45, 2.75) is 58.2 Å². The molecule has 6 nitrogen and oxygen atoms in total. The number of halogens is 1. The molecule has 1 N–H and O–H groups in total. The number of nitrogens with zero attached hydrogens (tertiary/aromatic N) is 3. The standard InChI is InChI=1S/C28H36ClN3O3/c1-3-27-30-12-15-32(27)14-6-16-34-24-8-4-7-23(18-24)19-31-13-5-11-28(33,20-31)21-35-26-17-22(2)9-10-25(26)29/h4,7-10,12,15,17-18,33H,3,5-6,11,13-14,16,19-21H2,1-2H3. The van der Waals surface area contributed by atoms with Crippen LogP contribution < -0.4 is 9.47 Å². The van der Waals surface area contributed by atoms with Crippen LogP contribution in [-0.4, -0.2) is 51.5 Å². The van der Waals surface area contributed by atoms with Gasteiger partial charge in [0.15, 0.2) is 0 Å². The summed E-state index contributed by atoms with van der Waals surface area (Å²) < 4.78 is 14.2. The number of rotatable bonds is 11. The van der Waals surface area contributed by atoms with Crippen molar-refractivity contribution in [1.82, 2.24) is 14.5 Å². The number of ether oxygens (including phenoxy) is 2. The number of β-amino-alcohol motifs (C(OH)–C–C–N with tert-alkyl or cyclic N) is 1. The second-order valence-corrected chi connectivity index (χ2v) is 9.91. The molecule has 1 aromatic heterocycles. The molecule has 3 aromatic rings. The van der Waals surface area contributed by atoms with Gasteiger partial charge in [-0.15, -0.1) is 0 Å². The number of likely N-dealkylation sites (tertiary alicyclic amines) is 1. The summed E-state index contributed by atoms with van der Waals surface area (Å²) in [5.41, 5.74) is 1.36. The van der Waals surface area contributed by atoms with Crippen LogP contribution in [0.5, 0.6) is 11.5 Å². The average molecular weight is 498 g/mol. The second kappa shape index (κ2) is 11.9. The summed E-state index contributed by atoms with van der Waals surface area (Å²) in [6.45, 7) is 8.19. The lowest BCUT2D eigenvalue weighted by Crippen LogP contribution is -2.51. The van der Waals surface area contributed by atoms with Gasteiger partial charge in [0.1, 0.15) is 29.5 Å². The molecule has 188 valence electrons. The molecule has 2 heterocycles. The van der Waals surface area contributed by atoms with Crippen LogP contribution in [0.25, 0.3) is 0 Å². The third-order valence-electron chi connectivity index (χ3n) is 6.45. The molecule has 0 aliphatic carbocycles. The molecule has 0 amide bonds. The Morgan fingerprint density at radius 1 is 1.17 bits per heavy atom. The van der Waals surface area contributed by atoms with Crippen molar-refractivity contribution in [3.63, 3.8) is 0 Å². The SMILES string of the molecule is CCc1nccn1CCCOc1cccc(CN2CCCC(O)(COc3cc(C)ccc3Cl)C2)c1. The smallest absolute Gasteiger partial charge is 0.138 e. The zero-order valence-corrected chi connectivity index (χ0v) is 21.5. The minimum Gasteiger partial charge on any atom is -0.494 e. The van der Waals surface area contributed by atoms with Crippen LogP contribution >= 0.6 is 11.6 Å². The molecule has 1 aliphatic heterocycles. The summed E-state index contributed by atoms with van der Waals surface area (Å²) in [6.07, 6.45) is 7.39. The zero-order chi connectivity index (χ0) is 24.7. The third-order valence-corrected chi connectivity index (χ3v) is 6.76. The molecule has 1 unspecified atom stereocenters. The lowest BCUT2D eigenvalue weighted by molar-refractivity contribution is -0.0621. The van der Waals surface area contributed by atoms with Crippen LogP contribution in [0.15, 0.2) is 54.9 Å². The first-order valence-electron chi connectivity index (χ1n) is 12.5. The van der Waals surface area contributed by atoms with E-state index in [1.54, 1.807) is 0 Å². The number of piperidine rings is 1. The van der Waals surface area contributed by atoms with E-state index < -0.39 is 5.60 Å². The number of hydrogen-bond donors (Lipinski definition) is 1. The maximum absolute atomic E-state index is 11.2. The second-order valence-electron chi connectivity index (χ2n) is 9.50. The lowest BCUT2D eigenvalue weighted by Gasteiger charge is -2.39. The Morgan fingerprint density at radius 3 is 2.91 bits per heavy atom. The van der Waals surface area contributed by atoms with E-state index in [0.717, 1.165) is 56.0 Å². The van der Waals surface area contributed by atoms with Gasteiger partial charge in [-0.1, -0.05) is 36.7 Å². The summed E-state index contributed by atoms with van der Waals surface area (Å²) in [7, 11) is 0. The van der Waals surface area contributed by atoms with Gasteiger partial charge < -0.3 is 19.1 Å². The zero-order valence-electron chi connectivity index (χ0n) is 20.8. The van der Waals surface area contributed by atoms with Gasteiger partial charge in [-0.3, -0.25) is 4.90 Å². The van der Waals surface area contributed by atoms with E-state index >= 15 is 0 Å². The van der Waals surface area contributed by atoms with E-state index in [4.69, 9.17) is 21.1 Å². The van der Waals surface area contributed by atoms with E-state index in [2.05, 4.69) is 33.5 Å². The average Bonchev–Trinajstić information content (AvgIpc) is 3.30. The van der Waals surface area contributed by atoms with Crippen LogP contribution in [0.4, 0.5) is 0 Å². The highest BCUT2D eigenvalue weighted by Crippen LogP contribution is 2.29. The monoisotopic (exact) mass is 497 g/mol. The number of hydrogen-bond acceptors (Lipinski definition) is 5. The number of aromatic nitrogens is 2. The van der Waals surface area contributed by atoms with Gasteiger partial charge in [0.25, 0.3) is 0 Å². The number of benzene rings is 2. The van der Waals surface area contributed by atoms with Gasteiger partial charge >= 0.3 is 0 Å². The Labute approximate surface area is 213 Å². The maximum atomic E-state index is 11.2. The Hall–Kier alpha value is -2.54. The molecule has 0 spiro atoms. The molecular formula is C28H36ClN3O3. The van der Waals surface area contributed by atoms with Crippen LogP contribution in [0.3, 0.4) is 0 Å². The molecule has 35 heavy (non-hydrogen) atoms. The van der Waals surface area contributed by atoms with E-state index in [9.17, 15) is 5.11 Å². The number of imidazole rings is 1. The minimum absolute atomic E-state index is 0.229. The fourth-order valence-corrected chi connectivity index (χ4v) is 4.84. The minimum atomic E-state index is -0.899. The molecule has 0 bridgehead atoms. The Morgan fingerprint density at radius 2 is 2.06 bits per heavy atom. The van der Waals surface area contributed by atoms with E-state index in [0.29, 0.717) is 30.3 Å². The molecule has 4 rings (SSSR count). The van der Waals surface area contributed by atoms with Gasteiger partial charge in [-0.05, 0) is 68.1 Å². The van der Waals surface area contributed by atoms with Crippen molar-refractivity contribution in [3.8, 4) is 11.5 Å². The first kappa shape index (κ1) is 25.5. The first-order valence-corrected chi connectivity index (χ1v) is 12.9. The van der Waals surface area contributed by atoms with Gasteiger partial charge in [0.05, 0.1) is 11.6 Å². The normalized spacial score (nSPS) is 18.5. The maximum Gasteiger partial charge on any atom is 0.138 e. The van der Waals surface area contributed by atoms with Gasteiger partial charge in [-0.2, -0.15) is 0 Å². The van der Waals surface area contributed by atoms with E-state index in [-0.39, 0.29) is 6.61 Å². The molecule has 2 aromatic carbocycles. The van der Waals surface area contributed by atoms with Crippen molar-refractivity contribution < 1.29 is 14.6 Å². The third kappa shape index (κ3) is 7.23. The molecule has 1 aliphatic rings. The Bertz CT molecular complexity index is 1100. The van der Waals surface area contributed by atoms with Crippen molar-refractivity contribution in [2.24, 2.45) is 0 Å². The summed E-state index contributed by atoms with van der Waals surface area (Å²) in [4.78, 5) is 6.66. The molecule has 0 saturated carbocycles. The van der Waals surface area contributed by atoms with Gasteiger partial charge in [0, 0.05) is 38.4 Å². The molecule has 7 heteroatoms. The summed E-state index contributed by atoms with van der Waals surface area (Å²) in [5, 5.41) is 11.8. The number of aryl methyl sites for hydroxylation is 3. The van der Waals surface area contributed by atoms with Crippen molar-refractivity contribution in [3.05, 3.63) is 76.8 Å². The molecule has 1 fully saturated rings. The van der Waals surface area contributed by atoms with E-state index in [1.807, 2.05) is 49.6 Å². The predicted molar refractivity (Wildman–Crippen MR) is 139 cm³/mol. The van der Waals surface area contributed by atoms with Crippen molar-refractivity contribution in [2.75, 3.05) is 26.3 Å². The van der Waals surface area contributed by atoms with Crippen molar-refractivity contribution in [1.29, 1.82) is 0 Å². The summed E-state index contributed by atoms with van der Waals surface area (Å²) in [6, 6.07) is 14.0. The van der Waals surface area contributed by atoms with Crippen LogP contribution in [-0.2, 0) is 19.5 Å². The number of aliphatic hydroxyl groups is 1. The first-order chi connectivity index (χ1) is 16.9. The lowest BCUT2D eigenvalue weighted by atomic mass is 9.93. The highest BCUT2D eigenvalue weighted by molar-refractivity contribution is 6.32. The van der Waals surface area contributed by atoms with Gasteiger partial charge in [-0.25, -0.2) is 4.98 Å². The fraction of sp³-hybridized carbons (Fsp3) is 0.464. The van der Waals surface area contributed by atoms with Crippen molar-refractivity contribution >= 4 is 11.6 Å². The fourth-order valence-electron chi connectivity index (χ4n) is 4.67. The topological polar surface area (TPSA) is 59.8 Å². The molecule has 0 radical (unpaired) electrons. The Balaban J connectivity index is 1.27.